The van der Waals surface area contributed by atoms with E-state index in [9.17, 15) is 19.6 Å². The molecule has 0 amide bonds. The number of aromatic nitrogens is 2. The summed E-state index contributed by atoms with van der Waals surface area (Å²) in [5, 5.41) is 26.3. The summed E-state index contributed by atoms with van der Waals surface area (Å²) in [6, 6.07) is 5.76. The van der Waals surface area contributed by atoms with Crippen molar-refractivity contribution in [2.45, 2.75) is 37.8 Å². The topological polar surface area (TPSA) is 126 Å². The van der Waals surface area contributed by atoms with E-state index in [1.807, 2.05) is 4.90 Å². The molecule has 1 saturated carbocycles. The van der Waals surface area contributed by atoms with Crippen LogP contribution in [0.25, 0.3) is 32.8 Å². The van der Waals surface area contributed by atoms with Crippen molar-refractivity contribution in [2.24, 2.45) is 5.41 Å². The van der Waals surface area contributed by atoms with E-state index in [0.29, 0.717) is 38.7 Å². The van der Waals surface area contributed by atoms with Gasteiger partial charge in [0.25, 0.3) is 5.69 Å². The Balaban J connectivity index is 1.28. The Labute approximate surface area is 267 Å². The molecule has 8 rings (SSSR count). The Morgan fingerprint density at radius 3 is 2.51 bits per heavy atom. The van der Waals surface area contributed by atoms with Gasteiger partial charge < -0.3 is 24.8 Å². The molecule has 14 heteroatoms. The largest absolute Gasteiger partial charge is 0.508 e. The summed E-state index contributed by atoms with van der Waals surface area (Å²) in [6.45, 7) is 5.29. The Hall–Kier alpha value is -4.27. The fraction of sp³-hybridized carbons (Fsp3) is 0.455. The van der Waals surface area contributed by atoms with Crippen LogP contribution in [0.3, 0.4) is 0 Å². The number of piperazine rings is 1. The number of phenols is 1. The Bertz CT molecular complexity index is 1910. The molecule has 4 aromatic rings. The average molecular weight is 651 g/mol. The van der Waals surface area contributed by atoms with E-state index in [0.717, 1.165) is 57.5 Å². The van der Waals surface area contributed by atoms with Crippen LogP contribution < -0.4 is 15.0 Å². The van der Waals surface area contributed by atoms with Crippen molar-refractivity contribution < 1.29 is 32.7 Å². The number of nitrogens with zero attached hydrogens (tertiary/aromatic N) is 5. The van der Waals surface area contributed by atoms with Gasteiger partial charge in [-0.3, -0.25) is 15.0 Å². The summed E-state index contributed by atoms with van der Waals surface area (Å²) in [4.78, 5) is 25.3. The van der Waals surface area contributed by atoms with E-state index >= 15 is 8.78 Å². The summed E-state index contributed by atoms with van der Waals surface area (Å²) in [5.74, 6) is -3.73. The highest BCUT2D eigenvalue weighted by Gasteiger charge is 2.45. The van der Waals surface area contributed by atoms with Gasteiger partial charge in [0.2, 0.25) is 0 Å². The number of morpholine rings is 1. The van der Waals surface area contributed by atoms with Gasteiger partial charge in [0, 0.05) is 67.2 Å². The minimum Gasteiger partial charge on any atom is -0.508 e. The first-order chi connectivity index (χ1) is 22.7. The number of ether oxygens (including phenoxy) is 2. The van der Waals surface area contributed by atoms with E-state index in [4.69, 9.17) is 14.5 Å². The molecule has 3 saturated heterocycles. The number of phenolic OH excluding ortho intramolecular Hbond substituents is 1. The summed E-state index contributed by atoms with van der Waals surface area (Å²) >= 11 is 0. The fourth-order valence-electron chi connectivity index (χ4n) is 7.41. The first-order valence-electron chi connectivity index (χ1n) is 15.9. The molecule has 4 heterocycles. The lowest BCUT2D eigenvalue weighted by atomic mass is 9.94. The number of fused-ring (bicyclic) bond motifs is 4. The molecule has 1 aromatic heterocycles. The monoisotopic (exact) mass is 650 g/mol. The summed E-state index contributed by atoms with van der Waals surface area (Å²) in [7, 11) is 0. The molecule has 0 spiro atoms. The van der Waals surface area contributed by atoms with Crippen molar-refractivity contribution in [3.05, 3.63) is 57.9 Å². The van der Waals surface area contributed by atoms with Crippen molar-refractivity contribution in [3.63, 3.8) is 0 Å². The maximum Gasteiger partial charge on any atom is 0.319 e. The standard InChI is InChI=1S/C33H33F3N6O5/c34-24-4-1-18-11-21(43)12-22(26(18)28(24)35)27-25(42(44)45)13-23-30(29(27)36)38-32(39-31(23)41-14-19-2-3-20(15-41)37-19)47-17-33(5-6-33)16-40-7-9-46-10-8-40/h1,4,11-13,19-20,37,43H,2-3,5-10,14-17H2/t19-,20+. The molecule has 47 heavy (non-hydrogen) atoms. The predicted octanol–water partition coefficient (Wildman–Crippen LogP) is 4.91. The van der Waals surface area contributed by atoms with Gasteiger partial charge in [0.1, 0.15) is 17.1 Å². The Morgan fingerprint density at radius 2 is 1.81 bits per heavy atom. The minimum absolute atomic E-state index is 0.0476. The van der Waals surface area contributed by atoms with Gasteiger partial charge in [-0.25, -0.2) is 13.2 Å². The number of aromatic hydroxyl groups is 1. The molecule has 4 aliphatic rings. The van der Waals surface area contributed by atoms with Crippen molar-refractivity contribution in [1.82, 2.24) is 20.2 Å². The number of halogens is 3. The molecule has 3 aliphatic heterocycles. The lowest BCUT2D eigenvalue weighted by Gasteiger charge is -2.34. The van der Waals surface area contributed by atoms with Crippen LogP contribution >= 0.6 is 0 Å². The number of nitrogens with one attached hydrogen (secondary N) is 1. The Kier molecular flexibility index (Phi) is 7.33. The zero-order valence-electron chi connectivity index (χ0n) is 25.5. The lowest BCUT2D eigenvalue weighted by Crippen LogP contribution is -2.51. The van der Waals surface area contributed by atoms with Crippen molar-refractivity contribution in [1.29, 1.82) is 0 Å². The zero-order valence-corrected chi connectivity index (χ0v) is 25.5. The smallest absolute Gasteiger partial charge is 0.319 e. The molecular formula is C33H33F3N6O5. The molecule has 2 atom stereocenters. The van der Waals surface area contributed by atoms with E-state index in [2.05, 4.69) is 15.2 Å². The van der Waals surface area contributed by atoms with Crippen molar-refractivity contribution >= 4 is 33.2 Å². The summed E-state index contributed by atoms with van der Waals surface area (Å²) in [6.07, 6.45) is 3.85. The van der Waals surface area contributed by atoms with Crippen LogP contribution in [0.1, 0.15) is 25.7 Å². The molecule has 4 fully saturated rings. The fourth-order valence-corrected chi connectivity index (χ4v) is 7.41. The van der Waals surface area contributed by atoms with Gasteiger partial charge in [-0.05, 0) is 49.3 Å². The van der Waals surface area contributed by atoms with Crippen LogP contribution in [-0.4, -0.2) is 89.5 Å². The third-order valence-electron chi connectivity index (χ3n) is 9.97. The molecule has 1 aliphatic carbocycles. The zero-order chi connectivity index (χ0) is 32.4. The number of nitro benzene ring substituents is 1. The third kappa shape index (κ3) is 5.47. The van der Waals surface area contributed by atoms with Crippen LogP contribution in [0.15, 0.2) is 30.3 Å². The molecule has 0 radical (unpaired) electrons. The van der Waals surface area contributed by atoms with E-state index < -0.39 is 44.8 Å². The van der Waals surface area contributed by atoms with Gasteiger partial charge in [-0.15, -0.1) is 0 Å². The number of nitro groups is 1. The highest BCUT2D eigenvalue weighted by molar-refractivity contribution is 6.04. The second-order valence-electron chi connectivity index (χ2n) is 13.2. The van der Waals surface area contributed by atoms with Gasteiger partial charge >= 0.3 is 6.01 Å². The minimum atomic E-state index is -1.31. The van der Waals surface area contributed by atoms with E-state index in [-0.39, 0.29) is 45.4 Å². The molecule has 11 nitrogen and oxygen atoms in total. The van der Waals surface area contributed by atoms with Crippen molar-refractivity contribution in [2.75, 3.05) is 57.4 Å². The van der Waals surface area contributed by atoms with Crippen LogP contribution in [0.4, 0.5) is 24.7 Å². The normalized spacial score (nSPS) is 22.2. The summed E-state index contributed by atoms with van der Waals surface area (Å²) < 4.78 is 58.4. The predicted molar refractivity (Wildman–Crippen MR) is 167 cm³/mol. The lowest BCUT2D eigenvalue weighted by molar-refractivity contribution is -0.384. The molecule has 246 valence electrons. The number of hydrogen-bond donors (Lipinski definition) is 2. The maximum atomic E-state index is 17.0. The summed E-state index contributed by atoms with van der Waals surface area (Å²) in [5.41, 5.74) is -2.01. The van der Waals surface area contributed by atoms with Crippen molar-refractivity contribution in [3.8, 4) is 22.9 Å². The van der Waals surface area contributed by atoms with Gasteiger partial charge in [0.15, 0.2) is 17.5 Å². The molecule has 2 N–H and O–H groups in total. The van der Waals surface area contributed by atoms with Gasteiger partial charge in [0.05, 0.1) is 35.7 Å². The second-order valence-corrected chi connectivity index (χ2v) is 13.2. The molecule has 0 unspecified atom stereocenters. The van der Waals surface area contributed by atoms with Crippen LogP contribution in [-0.2, 0) is 4.74 Å². The third-order valence-corrected chi connectivity index (χ3v) is 9.97. The highest BCUT2D eigenvalue weighted by Crippen LogP contribution is 2.48. The van der Waals surface area contributed by atoms with Crippen LogP contribution in [0.5, 0.6) is 11.8 Å². The number of rotatable bonds is 8. The second kappa shape index (κ2) is 11.5. The van der Waals surface area contributed by atoms with Gasteiger partial charge in [-0.2, -0.15) is 9.97 Å². The molecular weight excluding hydrogens is 617 g/mol. The molecule has 2 bridgehead atoms. The first-order valence-corrected chi connectivity index (χ1v) is 15.9. The maximum absolute atomic E-state index is 17.0. The SMILES string of the molecule is O=[N+]([O-])c1cc2c(N3C[C@H]4CC[C@@H](C3)N4)nc(OCC3(CN4CCOCC4)CC3)nc2c(F)c1-c1cc(O)cc2ccc(F)c(F)c12. The van der Waals surface area contributed by atoms with E-state index in [1.54, 1.807) is 0 Å². The number of anilines is 1. The van der Waals surface area contributed by atoms with Gasteiger partial charge in [-0.1, -0.05) is 6.07 Å². The quantitative estimate of drug-likeness (QED) is 0.201. The highest BCUT2D eigenvalue weighted by atomic mass is 19.2. The van der Waals surface area contributed by atoms with E-state index in [1.165, 1.54) is 18.2 Å². The van der Waals surface area contributed by atoms with Crippen LogP contribution in [0, 0.1) is 33.0 Å². The number of benzene rings is 3. The Morgan fingerprint density at radius 1 is 1.06 bits per heavy atom. The average Bonchev–Trinajstić information content (AvgIpc) is 3.74. The molecule has 3 aromatic carbocycles. The first kappa shape index (κ1) is 30.1. The van der Waals surface area contributed by atoms with Crippen LogP contribution in [0.2, 0.25) is 0 Å². The number of hydrogen-bond acceptors (Lipinski definition) is 10.